The number of aryl methyl sites for hydroxylation is 1. The van der Waals surface area contributed by atoms with E-state index < -0.39 is 20.0 Å². The maximum absolute atomic E-state index is 12.9. The summed E-state index contributed by atoms with van der Waals surface area (Å²) < 4.78 is 55.0. The molecule has 3 rings (SSSR count). The maximum Gasteiger partial charge on any atom is 0.268 e. The third-order valence-corrected chi connectivity index (χ3v) is 7.63. The van der Waals surface area contributed by atoms with Crippen LogP contribution in [0.15, 0.2) is 76.5 Å². The minimum absolute atomic E-state index is 0.0459. The van der Waals surface area contributed by atoms with Crippen LogP contribution in [0.25, 0.3) is 0 Å². The van der Waals surface area contributed by atoms with Crippen LogP contribution >= 0.6 is 0 Å². The number of hydrogen-bond donors (Lipinski definition) is 1. The smallest absolute Gasteiger partial charge is 0.242 e. The van der Waals surface area contributed by atoms with Gasteiger partial charge in [0.2, 0.25) is 10.0 Å². The molecule has 1 aromatic heterocycles. The predicted molar refractivity (Wildman–Crippen MR) is 103 cm³/mol. The molecular weight excluding hydrogens is 384 g/mol. The molecule has 0 amide bonds. The lowest BCUT2D eigenvalue weighted by atomic mass is 10.2. The lowest BCUT2D eigenvalue weighted by molar-refractivity contribution is 0.579. The van der Waals surface area contributed by atoms with Gasteiger partial charge in [-0.25, -0.2) is 25.5 Å². The van der Waals surface area contributed by atoms with E-state index in [1.807, 2.05) is 30.3 Å². The number of nitrogens with zero attached hydrogens (tertiary/aromatic N) is 1. The molecule has 0 atom stereocenters. The Labute approximate surface area is 159 Å². The molecule has 1 N–H and O–H groups in total. The van der Waals surface area contributed by atoms with Crippen LogP contribution in [0.1, 0.15) is 17.0 Å². The van der Waals surface area contributed by atoms with Crippen molar-refractivity contribution in [1.29, 1.82) is 0 Å². The molecule has 0 aliphatic carbocycles. The molecule has 0 aliphatic heterocycles. The second-order valence-electron chi connectivity index (χ2n) is 6.13. The normalized spacial score (nSPS) is 12.2. The van der Waals surface area contributed by atoms with Crippen LogP contribution in [0.3, 0.4) is 0 Å². The van der Waals surface area contributed by atoms with E-state index in [0.29, 0.717) is 5.69 Å². The van der Waals surface area contributed by atoms with E-state index in [4.69, 9.17) is 0 Å². The maximum atomic E-state index is 12.9. The average molecular weight is 405 g/mol. The molecule has 142 valence electrons. The molecule has 2 aromatic carbocycles. The summed E-state index contributed by atoms with van der Waals surface area (Å²) >= 11 is 0. The summed E-state index contributed by atoms with van der Waals surface area (Å²) in [6.07, 6.45) is 0. The molecule has 6 nitrogen and oxygen atoms in total. The topological polar surface area (TPSA) is 85.2 Å². The van der Waals surface area contributed by atoms with Crippen LogP contribution in [-0.2, 0) is 26.6 Å². The number of rotatable bonds is 6. The first kappa shape index (κ1) is 19.3. The van der Waals surface area contributed by atoms with E-state index in [1.165, 1.54) is 25.1 Å². The Morgan fingerprint density at radius 3 is 2.00 bits per heavy atom. The van der Waals surface area contributed by atoms with E-state index in [9.17, 15) is 16.8 Å². The first-order valence-electron chi connectivity index (χ1n) is 8.26. The molecule has 0 saturated carbocycles. The molecule has 0 radical (unpaired) electrons. The fraction of sp³-hybridized carbons (Fsp3) is 0.158. The van der Waals surface area contributed by atoms with Crippen LogP contribution in [0.4, 0.5) is 0 Å². The Hall–Kier alpha value is -2.42. The van der Waals surface area contributed by atoms with Gasteiger partial charge < -0.3 is 0 Å². The molecule has 0 fully saturated rings. The molecule has 0 spiro atoms. The fourth-order valence-electron chi connectivity index (χ4n) is 2.91. The van der Waals surface area contributed by atoms with Crippen molar-refractivity contribution in [1.82, 2.24) is 8.69 Å². The van der Waals surface area contributed by atoms with Crippen molar-refractivity contribution >= 4 is 20.0 Å². The average Bonchev–Trinajstić information content (AvgIpc) is 2.97. The van der Waals surface area contributed by atoms with Gasteiger partial charge in [0.15, 0.2) is 0 Å². The summed E-state index contributed by atoms with van der Waals surface area (Å²) in [7, 11) is -7.75. The highest BCUT2D eigenvalue weighted by Gasteiger charge is 2.27. The first-order chi connectivity index (χ1) is 12.7. The molecule has 3 aromatic rings. The van der Waals surface area contributed by atoms with E-state index in [2.05, 4.69) is 4.72 Å². The summed E-state index contributed by atoms with van der Waals surface area (Å²) in [6.45, 7) is 3.19. The van der Waals surface area contributed by atoms with Gasteiger partial charge in [-0.1, -0.05) is 48.5 Å². The number of nitrogens with one attached hydrogen (secondary N) is 1. The second-order valence-corrected chi connectivity index (χ2v) is 9.65. The zero-order valence-electron chi connectivity index (χ0n) is 15.0. The summed E-state index contributed by atoms with van der Waals surface area (Å²) in [6, 6.07) is 18.4. The quantitative estimate of drug-likeness (QED) is 0.685. The Morgan fingerprint density at radius 1 is 0.852 bits per heavy atom. The van der Waals surface area contributed by atoms with E-state index >= 15 is 0 Å². The van der Waals surface area contributed by atoms with Crippen molar-refractivity contribution in [2.75, 3.05) is 0 Å². The zero-order chi connectivity index (χ0) is 19.7. The van der Waals surface area contributed by atoms with Crippen molar-refractivity contribution in [3.05, 3.63) is 83.7 Å². The third-order valence-electron chi connectivity index (χ3n) is 4.20. The van der Waals surface area contributed by atoms with Gasteiger partial charge in [0.1, 0.15) is 4.90 Å². The van der Waals surface area contributed by atoms with Crippen LogP contribution < -0.4 is 4.72 Å². The standard InChI is InChI=1S/C19H20N2O4S2/c1-15-13-19(26(22,23)20-14-17-9-5-3-6-10-17)16(2)21(15)27(24,25)18-11-7-4-8-12-18/h3-13,20H,14H2,1-2H3. The van der Waals surface area contributed by atoms with Crippen LogP contribution in [0, 0.1) is 13.8 Å². The number of benzene rings is 2. The molecule has 0 aliphatic rings. The molecule has 0 bridgehead atoms. The zero-order valence-corrected chi connectivity index (χ0v) is 16.6. The SMILES string of the molecule is Cc1cc(S(=O)(=O)NCc2ccccc2)c(C)n1S(=O)(=O)c1ccccc1. The lowest BCUT2D eigenvalue weighted by Gasteiger charge is -2.11. The van der Waals surface area contributed by atoms with Crippen molar-refractivity contribution in [2.45, 2.75) is 30.2 Å². The van der Waals surface area contributed by atoms with E-state index in [1.54, 1.807) is 25.1 Å². The fourth-order valence-corrected chi connectivity index (χ4v) is 5.89. The highest BCUT2D eigenvalue weighted by Crippen LogP contribution is 2.25. The van der Waals surface area contributed by atoms with E-state index in [0.717, 1.165) is 9.54 Å². The number of aromatic nitrogens is 1. The van der Waals surface area contributed by atoms with Gasteiger partial charge in [0, 0.05) is 12.2 Å². The van der Waals surface area contributed by atoms with Crippen molar-refractivity contribution < 1.29 is 16.8 Å². The Balaban J connectivity index is 1.98. The van der Waals surface area contributed by atoms with Crippen molar-refractivity contribution in [3.8, 4) is 0 Å². The van der Waals surface area contributed by atoms with Crippen molar-refractivity contribution in [2.24, 2.45) is 0 Å². The summed E-state index contributed by atoms with van der Waals surface area (Å²) in [4.78, 5) is 0.0587. The summed E-state index contributed by atoms with van der Waals surface area (Å²) in [5.74, 6) is 0. The van der Waals surface area contributed by atoms with Gasteiger partial charge in [0.05, 0.1) is 10.6 Å². The van der Waals surface area contributed by atoms with Gasteiger partial charge >= 0.3 is 0 Å². The Bertz CT molecular complexity index is 1150. The molecule has 0 unspecified atom stereocenters. The number of hydrogen-bond acceptors (Lipinski definition) is 4. The number of sulfonamides is 1. The molecule has 8 heteroatoms. The first-order valence-corrected chi connectivity index (χ1v) is 11.2. The van der Waals surface area contributed by atoms with Gasteiger partial charge in [0.25, 0.3) is 10.0 Å². The second kappa shape index (κ2) is 7.30. The van der Waals surface area contributed by atoms with E-state index in [-0.39, 0.29) is 22.0 Å². The van der Waals surface area contributed by atoms with Crippen LogP contribution in [0.5, 0.6) is 0 Å². The summed E-state index contributed by atoms with van der Waals surface area (Å²) in [5.41, 5.74) is 1.29. The third kappa shape index (κ3) is 3.83. The lowest BCUT2D eigenvalue weighted by Crippen LogP contribution is -2.24. The minimum atomic E-state index is -3.88. The highest BCUT2D eigenvalue weighted by atomic mass is 32.2. The Kier molecular flexibility index (Phi) is 5.23. The van der Waals surface area contributed by atoms with Gasteiger partial charge in [-0.2, -0.15) is 0 Å². The van der Waals surface area contributed by atoms with Gasteiger partial charge in [-0.05, 0) is 37.6 Å². The summed E-state index contributed by atoms with van der Waals surface area (Å²) in [5, 5.41) is 0. The largest absolute Gasteiger partial charge is 0.268 e. The minimum Gasteiger partial charge on any atom is -0.242 e. The monoisotopic (exact) mass is 404 g/mol. The van der Waals surface area contributed by atoms with Crippen LogP contribution in [-0.4, -0.2) is 20.8 Å². The highest BCUT2D eigenvalue weighted by molar-refractivity contribution is 7.90. The molecule has 27 heavy (non-hydrogen) atoms. The van der Waals surface area contributed by atoms with Crippen LogP contribution in [0.2, 0.25) is 0 Å². The Morgan fingerprint density at radius 2 is 1.41 bits per heavy atom. The van der Waals surface area contributed by atoms with Crippen molar-refractivity contribution in [3.63, 3.8) is 0 Å². The molecule has 0 saturated heterocycles. The van der Waals surface area contributed by atoms with Gasteiger partial charge in [-0.3, -0.25) is 0 Å². The molecular formula is C19H20N2O4S2. The van der Waals surface area contributed by atoms with Gasteiger partial charge in [-0.15, -0.1) is 0 Å². The molecule has 1 heterocycles. The predicted octanol–water partition coefficient (Wildman–Crippen LogP) is 2.82.